The maximum absolute atomic E-state index is 11.9. The van der Waals surface area contributed by atoms with E-state index >= 15 is 0 Å². The Bertz CT molecular complexity index is 847. The number of carbonyl (C=O) groups is 1. The molecule has 0 aromatic heterocycles. The molecule has 0 fully saturated rings. The van der Waals surface area contributed by atoms with Gasteiger partial charge in [0.1, 0.15) is 5.75 Å². The van der Waals surface area contributed by atoms with Crippen LogP contribution in [0.15, 0.2) is 72.8 Å². The monoisotopic (exact) mass is 308 g/mol. The topological polar surface area (TPSA) is 26.3 Å². The Hall–Kier alpha value is -2.58. The van der Waals surface area contributed by atoms with E-state index in [1.807, 2.05) is 42.5 Å². The molecule has 0 saturated heterocycles. The van der Waals surface area contributed by atoms with E-state index in [0.717, 1.165) is 16.3 Å². The molecule has 0 bridgehead atoms. The first-order valence-electron chi connectivity index (χ1n) is 6.86. The number of fused-ring (bicyclic) bond motifs is 1. The van der Waals surface area contributed by atoms with Gasteiger partial charge in [0.05, 0.1) is 5.02 Å². The van der Waals surface area contributed by atoms with E-state index in [0.29, 0.717) is 10.8 Å². The SMILES string of the molecule is O=C(C=Cc1cccc2ccccc12)Oc1ccccc1Cl. The van der Waals surface area contributed by atoms with Crippen molar-refractivity contribution >= 4 is 34.4 Å². The molecule has 0 atom stereocenters. The van der Waals surface area contributed by atoms with Gasteiger partial charge in [-0.1, -0.05) is 66.2 Å². The molecule has 0 unspecified atom stereocenters. The van der Waals surface area contributed by atoms with Gasteiger partial charge >= 0.3 is 5.97 Å². The van der Waals surface area contributed by atoms with Crippen LogP contribution < -0.4 is 4.74 Å². The van der Waals surface area contributed by atoms with E-state index in [-0.39, 0.29) is 0 Å². The Morgan fingerprint density at radius 3 is 2.50 bits per heavy atom. The number of para-hydroxylation sites is 1. The van der Waals surface area contributed by atoms with Crippen molar-refractivity contribution in [3.63, 3.8) is 0 Å². The van der Waals surface area contributed by atoms with Gasteiger partial charge in [0.25, 0.3) is 0 Å². The number of esters is 1. The summed E-state index contributed by atoms with van der Waals surface area (Å²) in [5.74, 6) is -0.0993. The van der Waals surface area contributed by atoms with Gasteiger partial charge in [-0.15, -0.1) is 0 Å². The molecule has 0 saturated carbocycles. The number of carbonyl (C=O) groups excluding carboxylic acids is 1. The van der Waals surface area contributed by atoms with E-state index in [4.69, 9.17) is 16.3 Å². The second-order valence-corrected chi connectivity index (χ2v) is 5.16. The van der Waals surface area contributed by atoms with Crippen LogP contribution in [0.1, 0.15) is 5.56 Å². The maximum atomic E-state index is 11.9. The van der Waals surface area contributed by atoms with Gasteiger partial charge in [-0.25, -0.2) is 4.79 Å². The molecule has 0 aliphatic heterocycles. The van der Waals surface area contributed by atoms with Crippen molar-refractivity contribution in [3.05, 3.63) is 83.4 Å². The van der Waals surface area contributed by atoms with Crippen molar-refractivity contribution in [1.82, 2.24) is 0 Å². The fourth-order valence-corrected chi connectivity index (χ4v) is 2.40. The van der Waals surface area contributed by atoms with E-state index in [1.165, 1.54) is 6.08 Å². The summed E-state index contributed by atoms with van der Waals surface area (Å²) in [4.78, 5) is 11.9. The van der Waals surface area contributed by atoms with E-state index in [9.17, 15) is 4.79 Å². The van der Waals surface area contributed by atoms with Gasteiger partial charge in [0.15, 0.2) is 0 Å². The number of halogens is 1. The largest absolute Gasteiger partial charge is 0.422 e. The van der Waals surface area contributed by atoms with Crippen LogP contribution in [0.5, 0.6) is 5.75 Å². The molecule has 0 aliphatic carbocycles. The van der Waals surface area contributed by atoms with Crippen LogP contribution in [0.3, 0.4) is 0 Å². The van der Waals surface area contributed by atoms with Gasteiger partial charge in [-0.2, -0.15) is 0 Å². The van der Waals surface area contributed by atoms with Gasteiger partial charge < -0.3 is 4.74 Å². The first-order chi connectivity index (χ1) is 10.7. The number of rotatable bonds is 3. The van der Waals surface area contributed by atoms with Crippen molar-refractivity contribution in [2.75, 3.05) is 0 Å². The Balaban J connectivity index is 1.81. The van der Waals surface area contributed by atoms with Crippen molar-refractivity contribution in [2.24, 2.45) is 0 Å². The molecular weight excluding hydrogens is 296 g/mol. The number of benzene rings is 3. The molecule has 0 spiro atoms. The van der Waals surface area contributed by atoms with Crippen LogP contribution >= 0.6 is 11.6 Å². The summed E-state index contributed by atoms with van der Waals surface area (Å²) >= 11 is 5.96. The molecule has 0 amide bonds. The highest BCUT2D eigenvalue weighted by molar-refractivity contribution is 6.32. The number of hydrogen-bond donors (Lipinski definition) is 0. The first-order valence-corrected chi connectivity index (χ1v) is 7.24. The van der Waals surface area contributed by atoms with Crippen molar-refractivity contribution in [1.29, 1.82) is 0 Å². The summed E-state index contributed by atoms with van der Waals surface area (Å²) in [6.45, 7) is 0. The van der Waals surface area contributed by atoms with Crippen molar-refractivity contribution in [3.8, 4) is 5.75 Å². The predicted octanol–water partition coefficient (Wildman–Crippen LogP) is 5.11. The van der Waals surface area contributed by atoms with Gasteiger partial charge in [-0.05, 0) is 34.5 Å². The summed E-state index contributed by atoms with van der Waals surface area (Å²) in [5, 5.41) is 2.63. The highest BCUT2D eigenvalue weighted by atomic mass is 35.5. The smallest absolute Gasteiger partial charge is 0.336 e. The van der Waals surface area contributed by atoms with Crippen molar-refractivity contribution < 1.29 is 9.53 Å². The molecule has 22 heavy (non-hydrogen) atoms. The molecule has 0 radical (unpaired) electrons. The van der Waals surface area contributed by atoms with Gasteiger partial charge in [0, 0.05) is 6.08 Å². The first kappa shape index (κ1) is 14.4. The highest BCUT2D eigenvalue weighted by Crippen LogP contribution is 2.24. The maximum Gasteiger partial charge on any atom is 0.336 e. The fourth-order valence-electron chi connectivity index (χ4n) is 2.22. The van der Waals surface area contributed by atoms with Gasteiger partial charge in [-0.3, -0.25) is 0 Å². The second-order valence-electron chi connectivity index (χ2n) is 4.75. The summed E-state index contributed by atoms with van der Waals surface area (Å²) in [7, 11) is 0. The lowest BCUT2D eigenvalue weighted by atomic mass is 10.0. The molecule has 2 nitrogen and oxygen atoms in total. The van der Waals surface area contributed by atoms with Crippen LogP contribution in [0.25, 0.3) is 16.8 Å². The van der Waals surface area contributed by atoms with Crippen LogP contribution in [-0.4, -0.2) is 5.97 Å². The van der Waals surface area contributed by atoms with E-state index < -0.39 is 5.97 Å². The quantitative estimate of drug-likeness (QED) is 0.382. The normalized spacial score (nSPS) is 11.0. The molecule has 3 aromatic rings. The summed E-state index contributed by atoms with van der Waals surface area (Å²) < 4.78 is 5.22. The number of ether oxygens (including phenoxy) is 1. The summed E-state index contributed by atoms with van der Waals surface area (Å²) in [6, 6.07) is 20.9. The molecule has 3 rings (SSSR count). The predicted molar refractivity (Wildman–Crippen MR) is 90.1 cm³/mol. The molecule has 0 aliphatic rings. The molecule has 3 heteroatoms. The van der Waals surface area contributed by atoms with Crippen molar-refractivity contribution in [2.45, 2.75) is 0 Å². The zero-order valence-corrected chi connectivity index (χ0v) is 12.5. The van der Waals surface area contributed by atoms with Crippen LogP contribution in [0, 0.1) is 0 Å². The van der Waals surface area contributed by atoms with Crippen LogP contribution in [0.4, 0.5) is 0 Å². The van der Waals surface area contributed by atoms with Crippen LogP contribution in [0.2, 0.25) is 5.02 Å². The Morgan fingerprint density at radius 1 is 0.909 bits per heavy atom. The molecule has 0 heterocycles. The average molecular weight is 309 g/mol. The molecular formula is C19H13ClO2. The fraction of sp³-hybridized carbons (Fsp3) is 0. The van der Waals surface area contributed by atoms with E-state index in [2.05, 4.69) is 0 Å². The minimum Gasteiger partial charge on any atom is -0.422 e. The third-order valence-corrected chi connectivity index (χ3v) is 3.58. The lowest BCUT2D eigenvalue weighted by molar-refractivity contribution is -0.128. The Morgan fingerprint density at radius 2 is 1.64 bits per heavy atom. The summed E-state index contributed by atoms with van der Waals surface area (Å²) in [6.07, 6.45) is 3.16. The highest BCUT2D eigenvalue weighted by Gasteiger charge is 2.04. The van der Waals surface area contributed by atoms with Gasteiger partial charge in [0.2, 0.25) is 0 Å². The lowest BCUT2D eigenvalue weighted by Gasteiger charge is -2.03. The molecule has 3 aromatic carbocycles. The zero-order valence-electron chi connectivity index (χ0n) is 11.7. The summed E-state index contributed by atoms with van der Waals surface area (Å²) in [5.41, 5.74) is 0.967. The minimum atomic E-state index is -0.457. The average Bonchev–Trinajstić information content (AvgIpc) is 2.55. The second kappa shape index (κ2) is 6.46. The Kier molecular flexibility index (Phi) is 4.22. The standard InChI is InChI=1S/C19H13ClO2/c20-17-10-3-4-11-18(17)22-19(21)13-12-15-8-5-7-14-6-1-2-9-16(14)15/h1-13H. The Labute approximate surface area is 133 Å². The number of hydrogen-bond acceptors (Lipinski definition) is 2. The lowest BCUT2D eigenvalue weighted by Crippen LogP contribution is -2.03. The van der Waals surface area contributed by atoms with E-state index in [1.54, 1.807) is 30.3 Å². The third kappa shape index (κ3) is 3.18. The third-order valence-electron chi connectivity index (χ3n) is 3.27. The molecule has 0 N–H and O–H groups in total. The minimum absolute atomic E-state index is 0.358. The zero-order chi connectivity index (χ0) is 15.4. The van der Waals surface area contributed by atoms with Crippen LogP contribution in [-0.2, 0) is 4.79 Å². The molecule has 108 valence electrons.